The predicted octanol–water partition coefficient (Wildman–Crippen LogP) is -0.00210. The molecule has 0 aliphatic rings. The molecule has 0 heterocycles. The molecule has 0 saturated heterocycles. The van der Waals surface area contributed by atoms with E-state index in [1.165, 1.54) is 0 Å². The Morgan fingerprint density at radius 1 is 1.20 bits per heavy atom. The van der Waals surface area contributed by atoms with Gasteiger partial charge in [-0.1, -0.05) is 0 Å². The second kappa shape index (κ2) is 6.35. The van der Waals surface area contributed by atoms with Gasteiger partial charge in [-0.05, 0) is 28.1 Å². The Labute approximate surface area is 125 Å². The van der Waals surface area contributed by atoms with Gasteiger partial charge in [0, 0.05) is 23.2 Å². The highest BCUT2D eigenvalue weighted by Crippen LogP contribution is 2.25. The van der Waals surface area contributed by atoms with Gasteiger partial charge in [0.2, 0.25) is 20.0 Å². The monoisotopic (exact) mass is 389 g/mol. The summed E-state index contributed by atoms with van der Waals surface area (Å²) >= 11 is 2.98. The second-order valence-corrected chi connectivity index (χ2v) is 8.29. The van der Waals surface area contributed by atoms with Crippen molar-refractivity contribution in [3.8, 4) is 0 Å². The quantitative estimate of drug-likeness (QED) is 0.467. The van der Waals surface area contributed by atoms with Crippen LogP contribution in [0.25, 0.3) is 0 Å². The SMILES string of the molecule is CS(=O)(=O)NCCNS(=O)(=O)c1cc(N)c(Br)cc1F. The fourth-order valence-corrected chi connectivity index (χ4v) is 3.16. The molecule has 0 unspecified atom stereocenters. The molecule has 1 aromatic carbocycles. The third-order valence-corrected chi connectivity index (χ3v) is 5.01. The Balaban J connectivity index is 2.82. The van der Waals surface area contributed by atoms with Crippen LogP contribution in [0.4, 0.5) is 10.1 Å². The molecular formula is C9H13BrFN3O4S2. The highest BCUT2D eigenvalue weighted by molar-refractivity contribution is 9.10. The maximum Gasteiger partial charge on any atom is 0.243 e. The zero-order valence-corrected chi connectivity index (χ0v) is 13.6. The van der Waals surface area contributed by atoms with Gasteiger partial charge in [0.1, 0.15) is 10.7 Å². The fourth-order valence-electron chi connectivity index (χ4n) is 1.25. The van der Waals surface area contributed by atoms with Crippen molar-refractivity contribution in [2.24, 2.45) is 0 Å². The molecule has 0 fully saturated rings. The minimum absolute atomic E-state index is 0.0704. The Bertz CT molecular complexity index is 706. The summed E-state index contributed by atoms with van der Waals surface area (Å²) in [5.74, 6) is -0.963. The van der Waals surface area contributed by atoms with Gasteiger partial charge in [0.25, 0.3) is 0 Å². The fraction of sp³-hybridized carbons (Fsp3) is 0.333. The number of benzene rings is 1. The first-order valence-electron chi connectivity index (χ1n) is 5.22. The van der Waals surface area contributed by atoms with Crippen LogP contribution in [0.1, 0.15) is 0 Å². The molecule has 11 heteroatoms. The standard InChI is InChI=1S/C9H13BrFN3O4S2/c1-19(15,16)13-2-3-14-20(17,18)9-5-8(12)6(10)4-7(9)11/h4-5,13-14H,2-3,12H2,1H3. The number of nitrogens with one attached hydrogen (secondary N) is 2. The number of sulfonamides is 2. The van der Waals surface area contributed by atoms with E-state index in [9.17, 15) is 21.2 Å². The van der Waals surface area contributed by atoms with Gasteiger partial charge >= 0.3 is 0 Å². The number of nitrogen functional groups attached to an aromatic ring is 1. The number of hydrogen-bond donors (Lipinski definition) is 3. The van der Waals surface area contributed by atoms with Crippen molar-refractivity contribution < 1.29 is 21.2 Å². The lowest BCUT2D eigenvalue weighted by Crippen LogP contribution is -2.34. The minimum Gasteiger partial charge on any atom is -0.398 e. The molecular weight excluding hydrogens is 377 g/mol. The van der Waals surface area contributed by atoms with Crippen molar-refractivity contribution in [1.29, 1.82) is 0 Å². The van der Waals surface area contributed by atoms with Gasteiger partial charge in [-0.3, -0.25) is 0 Å². The Kier molecular flexibility index (Phi) is 5.49. The number of rotatable bonds is 6. The van der Waals surface area contributed by atoms with Crippen molar-refractivity contribution in [3.63, 3.8) is 0 Å². The minimum atomic E-state index is -4.11. The Morgan fingerprint density at radius 2 is 1.75 bits per heavy atom. The van der Waals surface area contributed by atoms with Crippen LogP contribution >= 0.6 is 15.9 Å². The Hall–Kier alpha value is -0.750. The lowest BCUT2D eigenvalue weighted by atomic mass is 10.3. The van der Waals surface area contributed by atoms with Crippen LogP contribution in [0, 0.1) is 5.82 Å². The average Bonchev–Trinajstić information content (AvgIpc) is 2.28. The lowest BCUT2D eigenvalue weighted by Gasteiger charge is -2.09. The Morgan fingerprint density at radius 3 is 2.30 bits per heavy atom. The van der Waals surface area contributed by atoms with Gasteiger partial charge in [-0.25, -0.2) is 30.7 Å². The first-order chi connectivity index (χ1) is 9.03. The highest BCUT2D eigenvalue weighted by atomic mass is 79.9. The molecule has 0 aliphatic carbocycles. The van der Waals surface area contributed by atoms with Crippen LogP contribution in [-0.4, -0.2) is 36.2 Å². The largest absolute Gasteiger partial charge is 0.398 e. The summed E-state index contributed by atoms with van der Waals surface area (Å²) in [6.07, 6.45) is 0.941. The van der Waals surface area contributed by atoms with Crippen LogP contribution in [0.5, 0.6) is 0 Å². The zero-order chi connectivity index (χ0) is 15.6. The second-order valence-electron chi connectivity index (χ2n) is 3.87. The van der Waals surface area contributed by atoms with E-state index in [-0.39, 0.29) is 23.2 Å². The molecule has 0 aliphatic heterocycles. The summed E-state index contributed by atoms with van der Waals surface area (Å²) in [7, 11) is -7.52. The molecule has 0 aromatic heterocycles. The molecule has 1 rings (SSSR count). The van der Waals surface area contributed by atoms with E-state index in [4.69, 9.17) is 5.73 Å². The van der Waals surface area contributed by atoms with Gasteiger partial charge in [0.15, 0.2) is 0 Å². The number of hydrogen-bond acceptors (Lipinski definition) is 5. The first kappa shape index (κ1) is 17.3. The summed E-state index contributed by atoms with van der Waals surface area (Å²) in [4.78, 5) is -0.599. The summed E-state index contributed by atoms with van der Waals surface area (Å²) in [6.45, 7) is -0.365. The molecule has 0 saturated carbocycles. The molecule has 7 nitrogen and oxygen atoms in total. The van der Waals surface area contributed by atoms with E-state index in [0.717, 1.165) is 18.4 Å². The van der Waals surface area contributed by atoms with Crippen LogP contribution in [0.2, 0.25) is 0 Å². The molecule has 20 heavy (non-hydrogen) atoms. The van der Waals surface area contributed by atoms with E-state index in [1.807, 2.05) is 0 Å². The average molecular weight is 390 g/mol. The van der Waals surface area contributed by atoms with Crippen molar-refractivity contribution in [2.45, 2.75) is 4.90 Å². The summed E-state index contributed by atoms with van der Waals surface area (Å²) in [6, 6.07) is 1.92. The van der Waals surface area contributed by atoms with E-state index >= 15 is 0 Å². The molecule has 0 bridgehead atoms. The van der Waals surface area contributed by atoms with Gasteiger partial charge in [-0.2, -0.15) is 0 Å². The maximum absolute atomic E-state index is 13.6. The van der Waals surface area contributed by atoms with Crippen molar-refractivity contribution in [1.82, 2.24) is 9.44 Å². The van der Waals surface area contributed by atoms with Gasteiger partial charge in [-0.15, -0.1) is 0 Å². The van der Waals surface area contributed by atoms with E-state index < -0.39 is 30.8 Å². The summed E-state index contributed by atoms with van der Waals surface area (Å²) < 4.78 is 63.3. The van der Waals surface area contributed by atoms with Crippen molar-refractivity contribution >= 4 is 41.7 Å². The van der Waals surface area contributed by atoms with Crippen molar-refractivity contribution in [3.05, 3.63) is 22.4 Å². The molecule has 0 atom stereocenters. The molecule has 0 amide bonds. The highest BCUT2D eigenvalue weighted by Gasteiger charge is 2.20. The predicted molar refractivity (Wildman–Crippen MR) is 76.5 cm³/mol. The van der Waals surface area contributed by atoms with Crippen molar-refractivity contribution in [2.75, 3.05) is 25.1 Å². The van der Waals surface area contributed by atoms with Crippen LogP contribution in [0.3, 0.4) is 0 Å². The number of halogens is 2. The number of anilines is 1. The third-order valence-electron chi connectivity index (χ3n) is 2.12. The molecule has 114 valence electrons. The van der Waals surface area contributed by atoms with E-state index in [2.05, 4.69) is 25.4 Å². The molecule has 1 aromatic rings. The van der Waals surface area contributed by atoms with Crippen LogP contribution in [0.15, 0.2) is 21.5 Å². The molecule has 4 N–H and O–H groups in total. The van der Waals surface area contributed by atoms with Gasteiger partial charge < -0.3 is 5.73 Å². The van der Waals surface area contributed by atoms with Crippen LogP contribution < -0.4 is 15.2 Å². The first-order valence-corrected chi connectivity index (χ1v) is 9.38. The normalized spacial score (nSPS) is 12.6. The topological polar surface area (TPSA) is 118 Å². The summed E-state index contributed by atoms with van der Waals surface area (Å²) in [5, 5.41) is 0. The third kappa shape index (κ3) is 4.98. The number of nitrogens with two attached hydrogens (primary N) is 1. The van der Waals surface area contributed by atoms with Gasteiger partial charge in [0.05, 0.1) is 6.26 Å². The lowest BCUT2D eigenvalue weighted by molar-refractivity contribution is 0.554. The molecule has 0 spiro atoms. The van der Waals surface area contributed by atoms with E-state index in [1.54, 1.807) is 0 Å². The molecule has 0 radical (unpaired) electrons. The zero-order valence-electron chi connectivity index (χ0n) is 10.4. The maximum atomic E-state index is 13.6. The smallest absolute Gasteiger partial charge is 0.243 e. The van der Waals surface area contributed by atoms with E-state index in [0.29, 0.717) is 0 Å². The summed E-state index contributed by atoms with van der Waals surface area (Å²) in [5.41, 5.74) is 5.57. The van der Waals surface area contributed by atoms with Crippen LogP contribution in [-0.2, 0) is 20.0 Å².